The zero-order valence-electron chi connectivity index (χ0n) is 12.3. The van der Waals surface area contributed by atoms with Crippen molar-refractivity contribution in [2.75, 3.05) is 29.9 Å². The van der Waals surface area contributed by atoms with Crippen LogP contribution in [0.15, 0.2) is 24.3 Å². The van der Waals surface area contributed by atoms with E-state index < -0.39 is 0 Å². The van der Waals surface area contributed by atoms with Crippen molar-refractivity contribution in [1.29, 1.82) is 0 Å². The number of piperidine rings is 1. The van der Waals surface area contributed by atoms with Gasteiger partial charge in [0.2, 0.25) is 0 Å². The van der Waals surface area contributed by atoms with Crippen molar-refractivity contribution < 1.29 is 4.79 Å². The van der Waals surface area contributed by atoms with E-state index in [1.165, 1.54) is 24.9 Å². The Morgan fingerprint density at radius 1 is 1.15 bits per heavy atom. The van der Waals surface area contributed by atoms with Crippen LogP contribution in [-0.2, 0) is 0 Å². The molecule has 1 aromatic carbocycles. The number of urea groups is 1. The smallest absolute Gasteiger partial charge is 0.319 e. The third-order valence-electron chi connectivity index (χ3n) is 3.66. The molecule has 1 fully saturated rings. The molecule has 1 saturated heterocycles. The van der Waals surface area contributed by atoms with Gasteiger partial charge in [0.25, 0.3) is 0 Å². The molecular formula is C16H25N3O. The highest BCUT2D eigenvalue weighted by molar-refractivity contribution is 5.89. The third-order valence-corrected chi connectivity index (χ3v) is 3.66. The van der Waals surface area contributed by atoms with E-state index in [1.54, 1.807) is 0 Å². The minimum atomic E-state index is -0.121. The summed E-state index contributed by atoms with van der Waals surface area (Å²) in [6, 6.07) is 8.01. The number of carbonyl (C=O) groups is 1. The molecule has 1 heterocycles. The maximum Gasteiger partial charge on any atom is 0.319 e. The molecule has 0 spiro atoms. The van der Waals surface area contributed by atoms with Crippen LogP contribution < -0.4 is 15.5 Å². The lowest BCUT2D eigenvalue weighted by atomic mass is 10.1. The fourth-order valence-electron chi connectivity index (χ4n) is 2.46. The highest BCUT2D eigenvalue weighted by Gasteiger charge is 2.10. The summed E-state index contributed by atoms with van der Waals surface area (Å²) in [6.45, 7) is 5.13. The van der Waals surface area contributed by atoms with Gasteiger partial charge in [-0.2, -0.15) is 0 Å². The first-order valence-corrected chi connectivity index (χ1v) is 7.69. The van der Waals surface area contributed by atoms with Gasteiger partial charge in [0, 0.05) is 31.0 Å². The monoisotopic (exact) mass is 275 g/mol. The Bertz CT molecular complexity index is 410. The molecule has 4 heteroatoms. The van der Waals surface area contributed by atoms with E-state index in [1.807, 2.05) is 12.1 Å². The second kappa shape index (κ2) is 7.78. The third kappa shape index (κ3) is 4.44. The number of anilines is 2. The molecule has 1 aliphatic rings. The van der Waals surface area contributed by atoms with Crippen LogP contribution in [0.5, 0.6) is 0 Å². The first-order valence-electron chi connectivity index (χ1n) is 7.69. The summed E-state index contributed by atoms with van der Waals surface area (Å²) in [5, 5.41) is 5.71. The van der Waals surface area contributed by atoms with E-state index in [0.29, 0.717) is 0 Å². The van der Waals surface area contributed by atoms with Crippen LogP contribution in [0.3, 0.4) is 0 Å². The van der Waals surface area contributed by atoms with Crippen molar-refractivity contribution in [3.05, 3.63) is 24.3 Å². The molecule has 2 rings (SSSR count). The van der Waals surface area contributed by atoms with E-state index in [0.717, 1.165) is 38.2 Å². The summed E-state index contributed by atoms with van der Waals surface area (Å²) in [7, 11) is 0. The van der Waals surface area contributed by atoms with Gasteiger partial charge in [-0.05, 0) is 49.9 Å². The van der Waals surface area contributed by atoms with Crippen molar-refractivity contribution in [2.45, 2.75) is 39.0 Å². The second-order valence-corrected chi connectivity index (χ2v) is 5.33. The summed E-state index contributed by atoms with van der Waals surface area (Å²) in [5.74, 6) is 0. The molecule has 0 saturated carbocycles. The maximum atomic E-state index is 11.6. The topological polar surface area (TPSA) is 44.4 Å². The van der Waals surface area contributed by atoms with Crippen LogP contribution in [0.2, 0.25) is 0 Å². The van der Waals surface area contributed by atoms with Crippen molar-refractivity contribution in [2.24, 2.45) is 0 Å². The van der Waals surface area contributed by atoms with Crippen LogP contribution in [0.25, 0.3) is 0 Å². The summed E-state index contributed by atoms with van der Waals surface area (Å²) in [4.78, 5) is 14.1. The second-order valence-electron chi connectivity index (χ2n) is 5.33. The molecule has 110 valence electrons. The van der Waals surface area contributed by atoms with E-state index in [2.05, 4.69) is 34.6 Å². The van der Waals surface area contributed by atoms with Gasteiger partial charge in [-0.3, -0.25) is 0 Å². The number of unbranched alkanes of at least 4 members (excludes halogenated alkanes) is 1. The first kappa shape index (κ1) is 14.7. The number of hydrogen-bond donors (Lipinski definition) is 2. The van der Waals surface area contributed by atoms with Gasteiger partial charge in [-0.25, -0.2) is 4.79 Å². The van der Waals surface area contributed by atoms with Crippen molar-refractivity contribution >= 4 is 17.4 Å². The van der Waals surface area contributed by atoms with Crippen LogP contribution >= 0.6 is 0 Å². The van der Waals surface area contributed by atoms with Gasteiger partial charge in [-0.1, -0.05) is 13.3 Å². The van der Waals surface area contributed by atoms with Gasteiger partial charge >= 0.3 is 6.03 Å². The molecule has 1 aromatic rings. The number of rotatable bonds is 5. The zero-order valence-corrected chi connectivity index (χ0v) is 12.3. The molecule has 4 nitrogen and oxygen atoms in total. The number of carbonyl (C=O) groups excluding carboxylic acids is 1. The lowest BCUT2D eigenvalue weighted by Crippen LogP contribution is -2.30. The molecule has 0 atom stereocenters. The summed E-state index contributed by atoms with van der Waals surface area (Å²) >= 11 is 0. The van der Waals surface area contributed by atoms with Crippen molar-refractivity contribution in [3.63, 3.8) is 0 Å². The van der Waals surface area contributed by atoms with Gasteiger partial charge in [-0.15, -0.1) is 0 Å². The largest absolute Gasteiger partial charge is 0.372 e. The fraction of sp³-hybridized carbons (Fsp3) is 0.562. The standard InChI is InChI=1S/C16H25N3O/c1-2-3-11-17-16(20)18-14-7-9-15(10-8-14)19-12-5-4-6-13-19/h7-10H,2-6,11-13H2,1H3,(H2,17,18,20). The Balaban J connectivity index is 1.83. The maximum absolute atomic E-state index is 11.6. The Morgan fingerprint density at radius 2 is 1.85 bits per heavy atom. The summed E-state index contributed by atoms with van der Waals surface area (Å²) in [5.41, 5.74) is 2.10. The molecule has 1 aliphatic heterocycles. The molecule has 0 aromatic heterocycles. The normalized spacial score (nSPS) is 14.9. The quantitative estimate of drug-likeness (QED) is 0.806. The van der Waals surface area contributed by atoms with Gasteiger partial charge in [0.1, 0.15) is 0 Å². The van der Waals surface area contributed by atoms with Crippen LogP contribution in [0.1, 0.15) is 39.0 Å². The predicted molar refractivity (Wildman–Crippen MR) is 84.4 cm³/mol. The highest BCUT2D eigenvalue weighted by Crippen LogP contribution is 2.21. The van der Waals surface area contributed by atoms with Crippen LogP contribution in [-0.4, -0.2) is 25.7 Å². The zero-order chi connectivity index (χ0) is 14.2. The summed E-state index contributed by atoms with van der Waals surface area (Å²) in [6.07, 6.45) is 6.00. The number of amides is 2. The Morgan fingerprint density at radius 3 is 2.50 bits per heavy atom. The van der Waals surface area contributed by atoms with Crippen molar-refractivity contribution in [3.8, 4) is 0 Å². The molecule has 2 N–H and O–H groups in total. The number of benzene rings is 1. The van der Waals surface area contributed by atoms with Gasteiger partial charge in [0.05, 0.1) is 0 Å². The van der Waals surface area contributed by atoms with Crippen LogP contribution in [0, 0.1) is 0 Å². The Labute approximate surface area is 121 Å². The first-order chi connectivity index (χ1) is 9.79. The lowest BCUT2D eigenvalue weighted by Gasteiger charge is -2.28. The molecule has 0 radical (unpaired) electrons. The Kier molecular flexibility index (Phi) is 5.71. The van der Waals surface area contributed by atoms with E-state index in [-0.39, 0.29) is 6.03 Å². The number of hydrogen-bond acceptors (Lipinski definition) is 2. The lowest BCUT2D eigenvalue weighted by molar-refractivity contribution is 0.252. The molecular weight excluding hydrogens is 250 g/mol. The van der Waals surface area contributed by atoms with Crippen molar-refractivity contribution in [1.82, 2.24) is 5.32 Å². The number of nitrogens with one attached hydrogen (secondary N) is 2. The predicted octanol–water partition coefficient (Wildman–Crippen LogP) is 3.60. The minimum Gasteiger partial charge on any atom is -0.372 e. The van der Waals surface area contributed by atoms with Crippen LogP contribution in [0.4, 0.5) is 16.2 Å². The fourth-order valence-corrected chi connectivity index (χ4v) is 2.46. The number of nitrogens with zero attached hydrogens (tertiary/aromatic N) is 1. The molecule has 0 bridgehead atoms. The average Bonchev–Trinajstić information content (AvgIpc) is 2.49. The minimum absolute atomic E-state index is 0.121. The van der Waals surface area contributed by atoms with E-state index in [9.17, 15) is 4.79 Å². The van der Waals surface area contributed by atoms with E-state index >= 15 is 0 Å². The molecule has 2 amide bonds. The SMILES string of the molecule is CCCCNC(=O)Nc1ccc(N2CCCCC2)cc1. The molecule has 0 unspecified atom stereocenters. The van der Waals surface area contributed by atoms with E-state index in [4.69, 9.17) is 0 Å². The Hall–Kier alpha value is -1.71. The molecule has 0 aliphatic carbocycles. The van der Waals surface area contributed by atoms with Gasteiger partial charge < -0.3 is 15.5 Å². The average molecular weight is 275 g/mol. The summed E-state index contributed by atoms with van der Waals surface area (Å²) < 4.78 is 0. The molecule has 20 heavy (non-hydrogen) atoms. The van der Waals surface area contributed by atoms with Gasteiger partial charge in [0.15, 0.2) is 0 Å². The highest BCUT2D eigenvalue weighted by atomic mass is 16.2.